The summed E-state index contributed by atoms with van der Waals surface area (Å²) in [5.74, 6) is 0.00218. The summed E-state index contributed by atoms with van der Waals surface area (Å²) in [4.78, 5) is 27.0. The lowest BCUT2D eigenvalue weighted by Gasteiger charge is -2.51. The molecule has 0 aromatic carbocycles. The van der Waals surface area contributed by atoms with E-state index in [1.807, 2.05) is 46.8 Å². The molecule has 2 amide bonds. The van der Waals surface area contributed by atoms with Gasteiger partial charge in [-0.15, -0.1) is 0 Å². The van der Waals surface area contributed by atoms with Crippen LogP contribution in [0.1, 0.15) is 53.9 Å². The lowest BCUT2D eigenvalue weighted by molar-refractivity contribution is -0.162. The molecule has 1 rings (SSSR count). The summed E-state index contributed by atoms with van der Waals surface area (Å²) in [5, 5.41) is 2.94. The van der Waals surface area contributed by atoms with Crippen LogP contribution in [0.25, 0.3) is 0 Å². The molecule has 4 nitrogen and oxygen atoms in total. The number of allylic oxidation sites excluding steroid dienone is 1. The molecule has 0 aromatic heterocycles. The predicted octanol–water partition coefficient (Wildman–Crippen LogP) is 2.25. The number of piperazine rings is 1. The normalized spacial score (nSPS) is 26.9. The third kappa shape index (κ3) is 2.40. The fraction of sp³-hybridized carbons (Fsp3) is 0.733. The highest BCUT2D eigenvalue weighted by molar-refractivity contribution is 6.02. The Morgan fingerprint density at radius 3 is 2.16 bits per heavy atom. The molecule has 0 bridgehead atoms. The lowest BCUT2D eigenvalue weighted by Crippen LogP contribution is -2.74. The molecule has 0 spiro atoms. The largest absolute Gasteiger partial charge is 0.340 e. The second-order valence-corrected chi connectivity index (χ2v) is 5.36. The maximum atomic E-state index is 12.7. The SMILES string of the molecule is C/C=C/CN1C(=O)C(C)(CC)NC(=O)C1(CC)CC. The minimum absolute atomic E-state index is 0.0223. The summed E-state index contributed by atoms with van der Waals surface area (Å²) in [7, 11) is 0. The van der Waals surface area contributed by atoms with Gasteiger partial charge in [0, 0.05) is 6.54 Å². The Labute approximate surface area is 116 Å². The molecule has 0 aliphatic carbocycles. The zero-order valence-corrected chi connectivity index (χ0v) is 12.7. The van der Waals surface area contributed by atoms with Gasteiger partial charge >= 0.3 is 0 Å². The number of amides is 2. The Balaban J connectivity index is 3.25. The average Bonchev–Trinajstić information content (AvgIpc) is 2.41. The molecule has 0 aromatic rings. The van der Waals surface area contributed by atoms with Crippen LogP contribution in [0.3, 0.4) is 0 Å². The van der Waals surface area contributed by atoms with E-state index >= 15 is 0 Å². The van der Waals surface area contributed by atoms with Crippen molar-refractivity contribution in [2.24, 2.45) is 0 Å². The van der Waals surface area contributed by atoms with E-state index in [9.17, 15) is 9.59 Å². The van der Waals surface area contributed by atoms with Crippen LogP contribution in [0, 0.1) is 0 Å². The van der Waals surface area contributed by atoms with Crippen LogP contribution >= 0.6 is 0 Å². The molecular formula is C15H26N2O2. The molecule has 0 saturated carbocycles. The lowest BCUT2D eigenvalue weighted by atomic mass is 9.81. The maximum Gasteiger partial charge on any atom is 0.249 e. The summed E-state index contributed by atoms with van der Waals surface area (Å²) in [5.41, 5.74) is -1.47. The van der Waals surface area contributed by atoms with E-state index < -0.39 is 11.1 Å². The van der Waals surface area contributed by atoms with Crippen molar-refractivity contribution < 1.29 is 9.59 Å². The topological polar surface area (TPSA) is 49.4 Å². The third-order valence-corrected chi connectivity index (χ3v) is 4.45. The standard InChI is InChI=1S/C15H26N2O2/c1-6-10-11-17-13(19)14(5,7-2)16-12(18)15(17,8-3)9-4/h6,10H,7-9,11H2,1-5H3,(H,16,18)/b10-6+. The van der Waals surface area contributed by atoms with Gasteiger partial charge < -0.3 is 10.2 Å². The average molecular weight is 266 g/mol. The van der Waals surface area contributed by atoms with Gasteiger partial charge in [-0.2, -0.15) is 0 Å². The predicted molar refractivity (Wildman–Crippen MR) is 76.7 cm³/mol. The van der Waals surface area contributed by atoms with E-state index in [4.69, 9.17) is 0 Å². The first kappa shape index (κ1) is 15.7. The van der Waals surface area contributed by atoms with Crippen molar-refractivity contribution in [3.8, 4) is 0 Å². The molecule has 1 atom stereocenters. The van der Waals surface area contributed by atoms with Crippen molar-refractivity contribution in [3.63, 3.8) is 0 Å². The number of rotatable bonds is 5. The molecule has 108 valence electrons. The smallest absolute Gasteiger partial charge is 0.249 e. The minimum atomic E-state index is -0.771. The molecule has 1 aliphatic rings. The first-order valence-corrected chi connectivity index (χ1v) is 7.17. The Hall–Kier alpha value is -1.32. The molecule has 1 N–H and O–H groups in total. The fourth-order valence-electron chi connectivity index (χ4n) is 2.70. The van der Waals surface area contributed by atoms with E-state index in [2.05, 4.69) is 5.32 Å². The molecule has 1 unspecified atom stereocenters. The monoisotopic (exact) mass is 266 g/mol. The zero-order valence-electron chi connectivity index (χ0n) is 12.7. The fourth-order valence-corrected chi connectivity index (χ4v) is 2.70. The highest BCUT2D eigenvalue weighted by atomic mass is 16.2. The maximum absolute atomic E-state index is 12.7. The van der Waals surface area contributed by atoms with Crippen LogP contribution in [0.2, 0.25) is 0 Å². The van der Waals surface area contributed by atoms with Gasteiger partial charge in [0.1, 0.15) is 11.1 Å². The van der Waals surface area contributed by atoms with E-state index in [-0.39, 0.29) is 11.8 Å². The number of hydrogen-bond donors (Lipinski definition) is 1. The van der Waals surface area contributed by atoms with Crippen LogP contribution in [0.4, 0.5) is 0 Å². The molecule has 1 heterocycles. The number of nitrogens with zero attached hydrogens (tertiary/aromatic N) is 1. The van der Waals surface area contributed by atoms with Crippen LogP contribution in [0.15, 0.2) is 12.2 Å². The summed E-state index contributed by atoms with van der Waals surface area (Å²) in [6.45, 7) is 10.1. The molecule has 1 fully saturated rings. The third-order valence-electron chi connectivity index (χ3n) is 4.45. The first-order chi connectivity index (χ1) is 8.91. The van der Waals surface area contributed by atoms with Gasteiger partial charge in [-0.3, -0.25) is 9.59 Å². The molecule has 0 radical (unpaired) electrons. The number of hydrogen-bond acceptors (Lipinski definition) is 2. The van der Waals surface area contributed by atoms with E-state index in [1.54, 1.807) is 4.90 Å². The molecule has 19 heavy (non-hydrogen) atoms. The van der Waals surface area contributed by atoms with Crippen molar-refractivity contribution in [2.45, 2.75) is 65.0 Å². The summed E-state index contributed by atoms with van der Waals surface area (Å²) in [6.07, 6.45) is 5.73. The van der Waals surface area contributed by atoms with E-state index in [1.165, 1.54) is 0 Å². The number of nitrogens with one attached hydrogen (secondary N) is 1. The summed E-state index contributed by atoms with van der Waals surface area (Å²) < 4.78 is 0. The summed E-state index contributed by atoms with van der Waals surface area (Å²) >= 11 is 0. The van der Waals surface area contributed by atoms with Crippen LogP contribution in [0.5, 0.6) is 0 Å². The van der Waals surface area contributed by atoms with Crippen molar-refractivity contribution in [2.75, 3.05) is 6.54 Å². The second-order valence-electron chi connectivity index (χ2n) is 5.36. The second kappa shape index (κ2) is 5.76. The van der Waals surface area contributed by atoms with Crippen LogP contribution in [-0.2, 0) is 9.59 Å². The Kier molecular flexibility index (Phi) is 4.77. The van der Waals surface area contributed by atoms with E-state index in [0.29, 0.717) is 25.8 Å². The zero-order chi connectivity index (χ0) is 14.7. The van der Waals surface area contributed by atoms with Crippen molar-refractivity contribution in [1.82, 2.24) is 10.2 Å². The van der Waals surface area contributed by atoms with Crippen molar-refractivity contribution >= 4 is 11.8 Å². The minimum Gasteiger partial charge on any atom is -0.340 e. The molecule has 4 heteroatoms. The molecular weight excluding hydrogens is 240 g/mol. The highest BCUT2D eigenvalue weighted by Crippen LogP contribution is 2.33. The van der Waals surface area contributed by atoms with Crippen LogP contribution < -0.4 is 5.32 Å². The van der Waals surface area contributed by atoms with Crippen molar-refractivity contribution in [3.05, 3.63) is 12.2 Å². The Morgan fingerprint density at radius 2 is 1.74 bits per heavy atom. The highest BCUT2D eigenvalue weighted by Gasteiger charge is 2.53. The van der Waals surface area contributed by atoms with E-state index in [0.717, 1.165) is 0 Å². The number of carbonyl (C=O) groups excluding carboxylic acids is 2. The van der Waals surface area contributed by atoms with Gasteiger partial charge in [0.15, 0.2) is 0 Å². The Bertz CT molecular complexity index is 386. The van der Waals surface area contributed by atoms with Gasteiger partial charge in [0.05, 0.1) is 0 Å². The van der Waals surface area contributed by atoms with Crippen molar-refractivity contribution in [1.29, 1.82) is 0 Å². The summed E-state index contributed by atoms with van der Waals surface area (Å²) in [6, 6.07) is 0. The Morgan fingerprint density at radius 1 is 1.16 bits per heavy atom. The van der Waals surface area contributed by atoms with Gasteiger partial charge in [-0.25, -0.2) is 0 Å². The van der Waals surface area contributed by atoms with Gasteiger partial charge in [-0.1, -0.05) is 32.9 Å². The van der Waals surface area contributed by atoms with Gasteiger partial charge in [-0.05, 0) is 33.1 Å². The molecule has 1 aliphatic heterocycles. The van der Waals surface area contributed by atoms with Gasteiger partial charge in [0.25, 0.3) is 0 Å². The molecule has 1 saturated heterocycles. The van der Waals surface area contributed by atoms with Crippen LogP contribution in [-0.4, -0.2) is 34.3 Å². The number of carbonyl (C=O) groups is 2. The quantitative estimate of drug-likeness (QED) is 0.776. The first-order valence-electron chi connectivity index (χ1n) is 7.17. The van der Waals surface area contributed by atoms with Gasteiger partial charge in [0.2, 0.25) is 11.8 Å².